The third-order valence-corrected chi connectivity index (χ3v) is 3.80. The highest BCUT2D eigenvalue weighted by Crippen LogP contribution is 2.30. The molecule has 0 saturated heterocycles. The SMILES string of the molecule is CCOc1ccc(NC(=O)c2ccnc(NC(=O)C3CC3)c2)nc1C. The predicted octanol–water partition coefficient (Wildman–Crippen LogP) is 2.78. The molecular formula is C18H20N4O3. The molecule has 2 aromatic heterocycles. The number of anilines is 2. The van der Waals surface area contributed by atoms with Crippen LogP contribution in [0.5, 0.6) is 5.75 Å². The molecule has 0 aromatic carbocycles. The number of carbonyl (C=O) groups is 2. The van der Waals surface area contributed by atoms with Gasteiger partial charge in [-0.1, -0.05) is 0 Å². The summed E-state index contributed by atoms with van der Waals surface area (Å²) in [4.78, 5) is 32.6. The number of rotatable bonds is 6. The molecule has 2 amide bonds. The molecule has 1 fully saturated rings. The van der Waals surface area contributed by atoms with Crippen molar-refractivity contribution in [3.63, 3.8) is 0 Å². The minimum atomic E-state index is -0.319. The van der Waals surface area contributed by atoms with Gasteiger partial charge in [-0.15, -0.1) is 0 Å². The van der Waals surface area contributed by atoms with Gasteiger partial charge in [0, 0.05) is 17.7 Å². The van der Waals surface area contributed by atoms with Crippen molar-refractivity contribution in [2.24, 2.45) is 5.92 Å². The normalized spacial score (nSPS) is 13.2. The number of hydrogen-bond donors (Lipinski definition) is 2. The Hall–Kier alpha value is -2.96. The Kier molecular flexibility index (Phi) is 4.92. The van der Waals surface area contributed by atoms with E-state index in [1.165, 1.54) is 6.20 Å². The largest absolute Gasteiger partial charge is 0.492 e. The van der Waals surface area contributed by atoms with Gasteiger partial charge in [-0.3, -0.25) is 9.59 Å². The summed E-state index contributed by atoms with van der Waals surface area (Å²) in [6, 6.07) is 6.60. The molecular weight excluding hydrogens is 320 g/mol. The lowest BCUT2D eigenvalue weighted by molar-refractivity contribution is -0.117. The van der Waals surface area contributed by atoms with E-state index in [1.807, 2.05) is 13.8 Å². The number of nitrogens with zero attached hydrogens (tertiary/aromatic N) is 2. The molecule has 2 aromatic rings. The summed E-state index contributed by atoms with van der Waals surface area (Å²) in [6.07, 6.45) is 3.32. The van der Waals surface area contributed by atoms with Crippen LogP contribution in [-0.4, -0.2) is 28.4 Å². The Labute approximate surface area is 145 Å². The van der Waals surface area contributed by atoms with Crippen LogP contribution in [0.1, 0.15) is 35.8 Å². The molecule has 130 valence electrons. The van der Waals surface area contributed by atoms with E-state index in [9.17, 15) is 9.59 Å². The van der Waals surface area contributed by atoms with Crippen LogP contribution in [-0.2, 0) is 4.79 Å². The van der Waals surface area contributed by atoms with E-state index < -0.39 is 0 Å². The Morgan fingerprint density at radius 3 is 2.68 bits per heavy atom. The summed E-state index contributed by atoms with van der Waals surface area (Å²) < 4.78 is 5.43. The smallest absolute Gasteiger partial charge is 0.257 e. The number of ether oxygens (including phenoxy) is 1. The van der Waals surface area contributed by atoms with Crippen LogP contribution in [0.15, 0.2) is 30.5 Å². The zero-order valence-corrected chi connectivity index (χ0v) is 14.2. The second-order valence-electron chi connectivity index (χ2n) is 5.86. The lowest BCUT2D eigenvalue weighted by atomic mass is 10.2. The molecule has 7 nitrogen and oxygen atoms in total. The van der Waals surface area contributed by atoms with Gasteiger partial charge in [0.25, 0.3) is 5.91 Å². The minimum Gasteiger partial charge on any atom is -0.492 e. The molecule has 0 atom stereocenters. The first kappa shape index (κ1) is 16.9. The average molecular weight is 340 g/mol. The van der Waals surface area contributed by atoms with E-state index in [-0.39, 0.29) is 17.7 Å². The maximum Gasteiger partial charge on any atom is 0.257 e. The number of nitrogens with one attached hydrogen (secondary N) is 2. The van der Waals surface area contributed by atoms with Gasteiger partial charge in [0.15, 0.2) is 0 Å². The molecule has 1 saturated carbocycles. The lowest BCUT2D eigenvalue weighted by Gasteiger charge is -2.10. The van der Waals surface area contributed by atoms with Crippen LogP contribution in [0.3, 0.4) is 0 Å². The second kappa shape index (κ2) is 7.29. The van der Waals surface area contributed by atoms with Crippen LogP contribution in [0.2, 0.25) is 0 Å². The third-order valence-electron chi connectivity index (χ3n) is 3.80. The van der Waals surface area contributed by atoms with E-state index in [4.69, 9.17) is 4.74 Å². The third kappa shape index (κ3) is 4.32. The van der Waals surface area contributed by atoms with Crippen molar-refractivity contribution in [2.75, 3.05) is 17.2 Å². The van der Waals surface area contributed by atoms with E-state index in [0.29, 0.717) is 35.2 Å². The monoisotopic (exact) mass is 340 g/mol. The maximum absolute atomic E-state index is 12.4. The van der Waals surface area contributed by atoms with Gasteiger partial charge in [-0.2, -0.15) is 0 Å². The molecule has 2 heterocycles. The second-order valence-corrected chi connectivity index (χ2v) is 5.86. The van der Waals surface area contributed by atoms with Crippen molar-refractivity contribution in [2.45, 2.75) is 26.7 Å². The van der Waals surface area contributed by atoms with E-state index >= 15 is 0 Å². The van der Waals surface area contributed by atoms with Gasteiger partial charge in [-0.25, -0.2) is 9.97 Å². The van der Waals surface area contributed by atoms with Crippen molar-refractivity contribution in [3.8, 4) is 5.75 Å². The highest BCUT2D eigenvalue weighted by atomic mass is 16.5. The molecule has 0 radical (unpaired) electrons. The van der Waals surface area contributed by atoms with Crippen molar-refractivity contribution >= 4 is 23.5 Å². The van der Waals surface area contributed by atoms with Gasteiger partial charge >= 0.3 is 0 Å². The number of pyridine rings is 2. The predicted molar refractivity (Wildman–Crippen MR) is 93.7 cm³/mol. The topological polar surface area (TPSA) is 93.2 Å². The van der Waals surface area contributed by atoms with Gasteiger partial charge in [0.2, 0.25) is 5.91 Å². The molecule has 25 heavy (non-hydrogen) atoms. The van der Waals surface area contributed by atoms with Crippen molar-refractivity contribution in [1.82, 2.24) is 9.97 Å². The molecule has 0 spiro atoms. The fourth-order valence-electron chi connectivity index (χ4n) is 2.33. The van der Waals surface area contributed by atoms with E-state index in [0.717, 1.165) is 12.8 Å². The molecule has 2 N–H and O–H groups in total. The minimum absolute atomic E-state index is 0.0473. The summed E-state index contributed by atoms with van der Waals surface area (Å²) in [7, 11) is 0. The van der Waals surface area contributed by atoms with Crippen LogP contribution >= 0.6 is 0 Å². The van der Waals surface area contributed by atoms with Crippen LogP contribution in [0.25, 0.3) is 0 Å². The first-order valence-electron chi connectivity index (χ1n) is 8.25. The Bertz CT molecular complexity index is 803. The molecule has 0 aliphatic heterocycles. The highest BCUT2D eigenvalue weighted by Gasteiger charge is 2.29. The zero-order chi connectivity index (χ0) is 17.8. The number of aromatic nitrogens is 2. The van der Waals surface area contributed by atoms with Crippen LogP contribution < -0.4 is 15.4 Å². The van der Waals surface area contributed by atoms with Crippen molar-refractivity contribution in [1.29, 1.82) is 0 Å². The first-order valence-corrected chi connectivity index (χ1v) is 8.25. The fraction of sp³-hybridized carbons (Fsp3) is 0.333. The van der Waals surface area contributed by atoms with E-state index in [2.05, 4.69) is 20.6 Å². The maximum atomic E-state index is 12.4. The quantitative estimate of drug-likeness (QED) is 0.843. The van der Waals surface area contributed by atoms with Gasteiger partial charge in [0.1, 0.15) is 17.4 Å². The molecule has 0 unspecified atom stereocenters. The number of amides is 2. The number of carbonyl (C=O) groups excluding carboxylic acids is 2. The van der Waals surface area contributed by atoms with Crippen molar-refractivity contribution < 1.29 is 14.3 Å². The summed E-state index contributed by atoms with van der Waals surface area (Å²) in [5.41, 5.74) is 1.10. The fourth-order valence-corrected chi connectivity index (χ4v) is 2.33. The number of hydrogen-bond acceptors (Lipinski definition) is 5. The standard InChI is InChI=1S/C18H20N4O3/c1-3-25-14-6-7-15(20-11(14)2)21-18(24)13-8-9-19-16(10-13)22-17(23)12-4-5-12/h6-10,12H,3-5H2,1-2H3,(H,19,22,23)(H,20,21,24). The van der Waals surface area contributed by atoms with Gasteiger partial charge in [0.05, 0.1) is 12.3 Å². The molecule has 1 aliphatic carbocycles. The summed E-state index contributed by atoms with van der Waals surface area (Å²) in [5.74, 6) is 1.21. The molecule has 0 bridgehead atoms. The summed E-state index contributed by atoms with van der Waals surface area (Å²) >= 11 is 0. The molecule has 7 heteroatoms. The van der Waals surface area contributed by atoms with Crippen LogP contribution in [0, 0.1) is 12.8 Å². The molecule has 3 rings (SSSR count). The molecule has 1 aliphatic rings. The Morgan fingerprint density at radius 1 is 1.20 bits per heavy atom. The Morgan fingerprint density at radius 2 is 2.00 bits per heavy atom. The highest BCUT2D eigenvalue weighted by molar-refractivity contribution is 6.04. The number of aryl methyl sites for hydroxylation is 1. The van der Waals surface area contributed by atoms with E-state index in [1.54, 1.807) is 24.3 Å². The zero-order valence-electron chi connectivity index (χ0n) is 14.2. The first-order chi connectivity index (χ1) is 12.1. The Balaban J connectivity index is 1.68. The summed E-state index contributed by atoms with van der Waals surface area (Å²) in [5, 5.41) is 5.47. The van der Waals surface area contributed by atoms with Gasteiger partial charge < -0.3 is 15.4 Å². The van der Waals surface area contributed by atoms with Crippen molar-refractivity contribution in [3.05, 3.63) is 41.7 Å². The van der Waals surface area contributed by atoms with Gasteiger partial charge in [-0.05, 0) is 51.0 Å². The summed E-state index contributed by atoms with van der Waals surface area (Å²) in [6.45, 7) is 4.28. The average Bonchev–Trinajstić information content (AvgIpc) is 3.43. The lowest BCUT2D eigenvalue weighted by Crippen LogP contribution is -2.17. The van der Waals surface area contributed by atoms with Crippen LogP contribution in [0.4, 0.5) is 11.6 Å².